The van der Waals surface area contributed by atoms with Gasteiger partial charge < -0.3 is 20.1 Å². The molecule has 1 aromatic heterocycles. The number of rotatable bonds is 3. The molecular weight excluding hydrogens is 350 g/mol. The number of aryl methyl sites for hydroxylation is 1. The number of piperazine rings is 1. The summed E-state index contributed by atoms with van der Waals surface area (Å²) in [7, 11) is 1.93. The summed E-state index contributed by atoms with van der Waals surface area (Å²) in [4.78, 5) is 32.7. The normalized spacial score (nSPS) is 22.7. The fraction of sp³-hybridized carbons (Fsp3) is 0.389. The number of imidazole rings is 1. The number of benzene rings is 1. The van der Waals surface area contributed by atoms with Crippen LogP contribution in [0.4, 0.5) is 5.69 Å². The van der Waals surface area contributed by atoms with Crippen molar-refractivity contribution >= 4 is 29.3 Å². The third kappa shape index (κ3) is 3.22. The van der Waals surface area contributed by atoms with Crippen molar-refractivity contribution in [1.82, 2.24) is 19.8 Å². The molecule has 0 saturated carbocycles. The van der Waals surface area contributed by atoms with Gasteiger partial charge in [0.2, 0.25) is 11.8 Å². The van der Waals surface area contributed by atoms with E-state index in [0.29, 0.717) is 13.1 Å². The molecule has 2 aliphatic rings. The van der Waals surface area contributed by atoms with Gasteiger partial charge in [-0.15, -0.1) is 11.8 Å². The molecule has 2 N–H and O–H groups in total. The van der Waals surface area contributed by atoms with E-state index in [9.17, 15) is 9.59 Å². The SMILES string of the molecule is Cn1ccnc1C1CNCCN1C(=O)CC1Sc2ccccc2NC1=O. The smallest absolute Gasteiger partial charge is 0.238 e. The highest BCUT2D eigenvalue weighted by Crippen LogP contribution is 2.37. The van der Waals surface area contributed by atoms with E-state index in [1.54, 1.807) is 6.20 Å². The number of nitrogens with zero attached hydrogens (tertiary/aromatic N) is 3. The van der Waals surface area contributed by atoms with Gasteiger partial charge in [-0.25, -0.2) is 4.98 Å². The second-order valence-corrected chi connectivity index (χ2v) is 7.74. The average molecular weight is 371 g/mol. The summed E-state index contributed by atoms with van der Waals surface area (Å²) in [6.07, 6.45) is 3.81. The van der Waals surface area contributed by atoms with Crippen LogP contribution in [0, 0.1) is 0 Å². The molecule has 4 rings (SSSR count). The molecule has 1 fully saturated rings. The standard InChI is InChI=1S/C18H21N5O2S/c1-22-8-7-20-17(22)13-11-19-6-9-23(13)16(24)10-15-18(25)21-12-4-2-3-5-14(12)26-15/h2-5,7-8,13,15,19H,6,9-11H2,1H3,(H,21,25). The summed E-state index contributed by atoms with van der Waals surface area (Å²) < 4.78 is 1.94. The Hall–Kier alpha value is -2.32. The minimum Gasteiger partial charge on any atom is -0.336 e. The minimum atomic E-state index is -0.408. The first-order valence-corrected chi connectivity index (χ1v) is 9.55. The van der Waals surface area contributed by atoms with E-state index in [0.717, 1.165) is 23.0 Å². The number of anilines is 1. The van der Waals surface area contributed by atoms with Crippen LogP contribution in [0.25, 0.3) is 0 Å². The van der Waals surface area contributed by atoms with Gasteiger partial charge in [-0.3, -0.25) is 9.59 Å². The molecule has 8 heteroatoms. The molecule has 2 atom stereocenters. The Morgan fingerprint density at radius 1 is 1.38 bits per heavy atom. The topological polar surface area (TPSA) is 79.3 Å². The fourth-order valence-corrected chi connectivity index (χ4v) is 4.54. The van der Waals surface area contributed by atoms with Gasteiger partial charge in [0, 0.05) is 50.4 Å². The Morgan fingerprint density at radius 2 is 2.23 bits per heavy atom. The molecule has 3 heterocycles. The number of hydrogen-bond acceptors (Lipinski definition) is 5. The number of para-hydroxylation sites is 1. The number of thioether (sulfide) groups is 1. The third-order valence-corrected chi connectivity index (χ3v) is 6.06. The van der Waals surface area contributed by atoms with Crippen molar-refractivity contribution in [2.24, 2.45) is 7.05 Å². The molecule has 0 aliphatic carbocycles. The summed E-state index contributed by atoms with van der Waals surface area (Å²) in [6.45, 7) is 2.04. The fourth-order valence-electron chi connectivity index (χ4n) is 3.43. The van der Waals surface area contributed by atoms with Crippen LogP contribution in [0.3, 0.4) is 0 Å². The molecule has 2 aromatic rings. The number of carbonyl (C=O) groups excluding carboxylic acids is 2. The predicted molar refractivity (Wildman–Crippen MR) is 99.9 cm³/mol. The van der Waals surface area contributed by atoms with Crippen molar-refractivity contribution < 1.29 is 9.59 Å². The van der Waals surface area contributed by atoms with Gasteiger partial charge in [0.25, 0.3) is 0 Å². The lowest BCUT2D eigenvalue weighted by Gasteiger charge is -2.36. The highest BCUT2D eigenvalue weighted by atomic mass is 32.2. The number of nitrogens with one attached hydrogen (secondary N) is 2. The largest absolute Gasteiger partial charge is 0.336 e. The zero-order valence-electron chi connectivity index (χ0n) is 14.5. The maximum Gasteiger partial charge on any atom is 0.238 e. The molecule has 7 nitrogen and oxygen atoms in total. The molecule has 2 amide bonds. The maximum atomic E-state index is 13.0. The van der Waals surface area contributed by atoms with Crippen LogP contribution >= 0.6 is 11.8 Å². The van der Waals surface area contributed by atoms with Crippen LogP contribution in [0.15, 0.2) is 41.6 Å². The molecule has 136 valence electrons. The van der Waals surface area contributed by atoms with E-state index in [2.05, 4.69) is 15.6 Å². The molecule has 0 bridgehead atoms. The first-order chi connectivity index (χ1) is 12.6. The van der Waals surface area contributed by atoms with Gasteiger partial charge >= 0.3 is 0 Å². The Labute approximate surface area is 156 Å². The van der Waals surface area contributed by atoms with Gasteiger partial charge in [0.15, 0.2) is 0 Å². The van der Waals surface area contributed by atoms with Crippen molar-refractivity contribution in [3.63, 3.8) is 0 Å². The summed E-state index contributed by atoms with van der Waals surface area (Å²) in [5.41, 5.74) is 0.819. The first-order valence-electron chi connectivity index (χ1n) is 8.67. The Kier molecular flexibility index (Phi) is 4.69. The van der Waals surface area contributed by atoms with E-state index in [-0.39, 0.29) is 24.3 Å². The van der Waals surface area contributed by atoms with Crippen LogP contribution in [-0.2, 0) is 16.6 Å². The Balaban J connectivity index is 1.50. The zero-order chi connectivity index (χ0) is 18.1. The van der Waals surface area contributed by atoms with E-state index < -0.39 is 5.25 Å². The third-order valence-electron chi connectivity index (χ3n) is 4.79. The highest BCUT2D eigenvalue weighted by molar-refractivity contribution is 8.01. The van der Waals surface area contributed by atoms with E-state index in [4.69, 9.17) is 0 Å². The minimum absolute atomic E-state index is 0.00784. The Morgan fingerprint density at radius 3 is 3.04 bits per heavy atom. The number of carbonyl (C=O) groups is 2. The summed E-state index contributed by atoms with van der Waals surface area (Å²) in [5, 5.41) is 5.83. The number of hydrogen-bond donors (Lipinski definition) is 2. The molecule has 1 saturated heterocycles. The van der Waals surface area contributed by atoms with Crippen LogP contribution in [0.5, 0.6) is 0 Å². The Bertz CT molecular complexity index is 836. The van der Waals surface area contributed by atoms with Crippen molar-refractivity contribution in [2.45, 2.75) is 22.6 Å². The van der Waals surface area contributed by atoms with Gasteiger partial charge in [0.1, 0.15) is 11.9 Å². The quantitative estimate of drug-likeness (QED) is 0.853. The lowest BCUT2D eigenvalue weighted by Crippen LogP contribution is -2.50. The lowest BCUT2D eigenvalue weighted by molar-refractivity contribution is -0.136. The lowest BCUT2D eigenvalue weighted by atomic mass is 10.1. The molecule has 26 heavy (non-hydrogen) atoms. The van der Waals surface area contributed by atoms with Crippen LogP contribution in [-0.4, -0.2) is 51.1 Å². The van der Waals surface area contributed by atoms with Crippen molar-refractivity contribution in [3.05, 3.63) is 42.5 Å². The number of amides is 2. The molecule has 0 radical (unpaired) electrons. The van der Waals surface area contributed by atoms with Gasteiger partial charge in [-0.2, -0.15) is 0 Å². The van der Waals surface area contributed by atoms with Gasteiger partial charge in [-0.1, -0.05) is 12.1 Å². The molecule has 2 aliphatic heterocycles. The van der Waals surface area contributed by atoms with E-state index in [1.807, 2.05) is 47.0 Å². The highest BCUT2D eigenvalue weighted by Gasteiger charge is 2.35. The molecule has 0 spiro atoms. The van der Waals surface area contributed by atoms with Crippen LogP contribution < -0.4 is 10.6 Å². The van der Waals surface area contributed by atoms with Crippen LogP contribution in [0.2, 0.25) is 0 Å². The van der Waals surface area contributed by atoms with Gasteiger partial charge in [0.05, 0.1) is 10.9 Å². The summed E-state index contributed by atoms with van der Waals surface area (Å²) in [5.74, 6) is 0.744. The maximum absolute atomic E-state index is 13.0. The summed E-state index contributed by atoms with van der Waals surface area (Å²) in [6, 6.07) is 7.57. The summed E-state index contributed by atoms with van der Waals surface area (Å²) >= 11 is 1.46. The average Bonchev–Trinajstić information content (AvgIpc) is 3.08. The second-order valence-electron chi connectivity index (χ2n) is 6.50. The van der Waals surface area contributed by atoms with E-state index in [1.165, 1.54) is 11.8 Å². The van der Waals surface area contributed by atoms with Crippen molar-refractivity contribution in [1.29, 1.82) is 0 Å². The van der Waals surface area contributed by atoms with E-state index >= 15 is 0 Å². The predicted octanol–water partition coefficient (Wildman–Crippen LogP) is 1.40. The van der Waals surface area contributed by atoms with Crippen LogP contribution in [0.1, 0.15) is 18.3 Å². The van der Waals surface area contributed by atoms with Crippen molar-refractivity contribution in [2.75, 3.05) is 25.0 Å². The molecular formula is C18H21N5O2S. The second kappa shape index (κ2) is 7.13. The zero-order valence-corrected chi connectivity index (χ0v) is 15.3. The first kappa shape index (κ1) is 17.1. The number of aromatic nitrogens is 2. The number of fused-ring (bicyclic) bond motifs is 1. The molecule has 2 unspecified atom stereocenters. The van der Waals surface area contributed by atoms with Crippen molar-refractivity contribution in [3.8, 4) is 0 Å². The van der Waals surface area contributed by atoms with Gasteiger partial charge in [-0.05, 0) is 12.1 Å². The monoisotopic (exact) mass is 371 g/mol. The molecule has 1 aromatic carbocycles.